The van der Waals surface area contributed by atoms with Gasteiger partial charge in [-0.15, -0.1) is 11.8 Å². The number of alkyl halides is 3. The molecule has 0 bridgehead atoms. The largest absolute Gasteiger partial charge is 0.417 e. The summed E-state index contributed by atoms with van der Waals surface area (Å²) in [6.07, 6.45) is -3.20. The number of H-pyrrole nitrogens is 1. The van der Waals surface area contributed by atoms with Gasteiger partial charge in [0, 0.05) is 10.9 Å². The topological polar surface area (TPSA) is 98.0 Å². The van der Waals surface area contributed by atoms with Crippen LogP contribution in [0.1, 0.15) is 34.8 Å². The van der Waals surface area contributed by atoms with Gasteiger partial charge in [-0.2, -0.15) is 13.2 Å². The van der Waals surface area contributed by atoms with Crippen molar-refractivity contribution in [3.8, 4) is 0 Å². The number of nitrogens with two attached hydrogens (primary N) is 1. The second-order valence-corrected chi connectivity index (χ2v) is 7.43. The molecule has 1 aliphatic rings. The number of nitrogen functional groups attached to an aromatic ring is 1. The highest BCUT2D eigenvalue weighted by Gasteiger charge is 2.33. The third-order valence-corrected chi connectivity index (χ3v) is 5.31. The number of aromatic amines is 1. The maximum absolute atomic E-state index is 12.9. The van der Waals surface area contributed by atoms with E-state index >= 15 is 0 Å². The zero-order chi connectivity index (χ0) is 19.9. The summed E-state index contributed by atoms with van der Waals surface area (Å²) in [7, 11) is 0. The standard InChI is InChI=1S/C16H13ClF3N3O3S/c17-10-4-3-8(5-9(10)16(18,19)20)27-6-11(24)12-13(21)23(7-1-2-7)15(26)22-14(12)25/h3-5,7H,1-2,6,21H2,(H,22,25,26). The van der Waals surface area contributed by atoms with E-state index in [9.17, 15) is 27.6 Å². The zero-order valence-corrected chi connectivity index (χ0v) is 15.2. The van der Waals surface area contributed by atoms with E-state index in [4.69, 9.17) is 17.3 Å². The molecule has 0 atom stereocenters. The van der Waals surface area contributed by atoms with Crippen LogP contribution in [0.2, 0.25) is 5.02 Å². The number of rotatable bonds is 5. The quantitative estimate of drug-likeness (QED) is 0.573. The molecule has 1 aliphatic carbocycles. The highest BCUT2D eigenvalue weighted by Crippen LogP contribution is 2.37. The van der Waals surface area contributed by atoms with Crippen LogP contribution in [0, 0.1) is 0 Å². The Morgan fingerprint density at radius 3 is 2.59 bits per heavy atom. The molecule has 3 N–H and O–H groups in total. The fourth-order valence-corrected chi connectivity index (χ4v) is 3.60. The molecule has 11 heteroatoms. The first-order chi connectivity index (χ1) is 12.6. The number of anilines is 1. The molecule has 0 spiro atoms. The minimum absolute atomic E-state index is 0.154. The highest BCUT2D eigenvalue weighted by molar-refractivity contribution is 8.00. The molecule has 0 radical (unpaired) electrons. The van der Waals surface area contributed by atoms with Crippen LogP contribution in [0.5, 0.6) is 0 Å². The molecule has 144 valence electrons. The summed E-state index contributed by atoms with van der Waals surface area (Å²) in [5.41, 5.74) is 2.88. The number of carbonyl (C=O) groups excluding carboxylic acids is 1. The van der Waals surface area contributed by atoms with Crippen molar-refractivity contribution in [3.05, 3.63) is 55.2 Å². The normalized spacial score (nSPS) is 14.4. The zero-order valence-electron chi connectivity index (χ0n) is 13.6. The molecule has 0 amide bonds. The molecular weight excluding hydrogens is 407 g/mol. The molecule has 1 heterocycles. The minimum Gasteiger partial charge on any atom is -0.384 e. The smallest absolute Gasteiger partial charge is 0.384 e. The molecule has 1 aromatic carbocycles. The molecule has 1 aromatic heterocycles. The van der Waals surface area contributed by atoms with Crippen molar-refractivity contribution in [2.45, 2.75) is 30.0 Å². The highest BCUT2D eigenvalue weighted by atomic mass is 35.5. The van der Waals surface area contributed by atoms with Gasteiger partial charge >= 0.3 is 11.9 Å². The molecule has 6 nitrogen and oxygen atoms in total. The van der Waals surface area contributed by atoms with Crippen molar-refractivity contribution in [1.29, 1.82) is 0 Å². The second kappa shape index (κ2) is 7.08. The van der Waals surface area contributed by atoms with Crippen molar-refractivity contribution < 1.29 is 18.0 Å². The lowest BCUT2D eigenvalue weighted by molar-refractivity contribution is -0.137. The lowest BCUT2D eigenvalue weighted by atomic mass is 10.2. The molecule has 0 aliphatic heterocycles. The van der Waals surface area contributed by atoms with Crippen LogP contribution < -0.4 is 17.0 Å². The maximum Gasteiger partial charge on any atom is 0.417 e. The van der Waals surface area contributed by atoms with Gasteiger partial charge in [-0.1, -0.05) is 11.6 Å². The molecule has 27 heavy (non-hydrogen) atoms. The Labute approximate surface area is 159 Å². The number of nitrogens with one attached hydrogen (secondary N) is 1. The van der Waals surface area contributed by atoms with E-state index in [0.29, 0.717) is 12.8 Å². The fraction of sp³-hybridized carbons (Fsp3) is 0.312. The van der Waals surface area contributed by atoms with Gasteiger partial charge in [0.1, 0.15) is 11.4 Å². The number of thioether (sulfide) groups is 1. The molecule has 1 fully saturated rings. The summed E-state index contributed by atoms with van der Waals surface area (Å²) in [6, 6.07) is 3.11. The van der Waals surface area contributed by atoms with E-state index in [1.165, 1.54) is 10.6 Å². The van der Waals surface area contributed by atoms with E-state index in [-0.39, 0.29) is 28.1 Å². The Morgan fingerprint density at radius 2 is 2.00 bits per heavy atom. The van der Waals surface area contributed by atoms with Crippen LogP contribution in [-0.4, -0.2) is 21.1 Å². The van der Waals surface area contributed by atoms with Gasteiger partial charge in [0.15, 0.2) is 5.78 Å². The summed E-state index contributed by atoms with van der Waals surface area (Å²) in [5.74, 6) is -1.23. The van der Waals surface area contributed by atoms with Gasteiger partial charge in [0.05, 0.1) is 16.3 Å². The van der Waals surface area contributed by atoms with Gasteiger partial charge in [0.25, 0.3) is 5.56 Å². The molecule has 0 saturated heterocycles. The van der Waals surface area contributed by atoms with Gasteiger partial charge in [-0.3, -0.25) is 19.1 Å². The Hall–Kier alpha value is -2.20. The first kappa shape index (κ1) is 19.6. The number of Topliss-reactive ketones (excluding diaryl/α,β-unsaturated/α-hetero) is 1. The van der Waals surface area contributed by atoms with Crippen LogP contribution >= 0.6 is 23.4 Å². The van der Waals surface area contributed by atoms with Crippen molar-refractivity contribution in [2.75, 3.05) is 11.5 Å². The Kier molecular flexibility index (Phi) is 5.13. The summed E-state index contributed by atoms with van der Waals surface area (Å²) in [4.78, 5) is 38.5. The molecule has 2 aromatic rings. The van der Waals surface area contributed by atoms with Crippen LogP contribution in [-0.2, 0) is 6.18 Å². The van der Waals surface area contributed by atoms with Gasteiger partial charge in [0.2, 0.25) is 0 Å². The molecule has 0 unspecified atom stereocenters. The van der Waals surface area contributed by atoms with E-state index in [2.05, 4.69) is 4.98 Å². The van der Waals surface area contributed by atoms with E-state index in [1.807, 2.05) is 0 Å². The summed E-state index contributed by atoms with van der Waals surface area (Å²) in [6.45, 7) is 0. The van der Waals surface area contributed by atoms with Crippen molar-refractivity contribution in [1.82, 2.24) is 9.55 Å². The minimum atomic E-state index is -4.63. The Bertz CT molecular complexity index is 1030. The first-order valence-electron chi connectivity index (χ1n) is 7.76. The lowest BCUT2D eigenvalue weighted by Gasteiger charge is -2.12. The number of aromatic nitrogens is 2. The summed E-state index contributed by atoms with van der Waals surface area (Å²) >= 11 is 6.37. The van der Waals surface area contributed by atoms with Gasteiger partial charge in [-0.05, 0) is 31.0 Å². The third-order valence-electron chi connectivity index (χ3n) is 3.99. The Morgan fingerprint density at radius 1 is 1.33 bits per heavy atom. The number of hydrogen-bond donors (Lipinski definition) is 2. The fourth-order valence-electron chi connectivity index (χ4n) is 2.56. The van der Waals surface area contributed by atoms with Crippen molar-refractivity contribution in [2.24, 2.45) is 0 Å². The van der Waals surface area contributed by atoms with E-state index < -0.39 is 33.8 Å². The average Bonchev–Trinajstić information content (AvgIpc) is 3.37. The van der Waals surface area contributed by atoms with Gasteiger partial charge < -0.3 is 5.73 Å². The average molecular weight is 420 g/mol. The number of ketones is 1. The molecule has 3 rings (SSSR count). The third kappa shape index (κ3) is 4.06. The number of carbonyl (C=O) groups is 1. The summed E-state index contributed by atoms with van der Waals surface area (Å²) in [5, 5.41) is -0.449. The van der Waals surface area contributed by atoms with E-state index in [0.717, 1.165) is 23.9 Å². The van der Waals surface area contributed by atoms with Crippen molar-refractivity contribution in [3.63, 3.8) is 0 Å². The van der Waals surface area contributed by atoms with Crippen LogP contribution in [0.4, 0.5) is 19.0 Å². The lowest BCUT2D eigenvalue weighted by Crippen LogP contribution is -2.36. The number of halogens is 4. The predicted molar refractivity (Wildman–Crippen MR) is 95.5 cm³/mol. The molecular formula is C16H13ClF3N3O3S. The van der Waals surface area contributed by atoms with Crippen molar-refractivity contribution >= 4 is 35.0 Å². The van der Waals surface area contributed by atoms with E-state index in [1.54, 1.807) is 0 Å². The number of benzene rings is 1. The predicted octanol–water partition coefficient (Wildman–Crippen LogP) is 3.10. The van der Waals surface area contributed by atoms with Gasteiger partial charge in [-0.25, -0.2) is 4.79 Å². The number of hydrogen-bond acceptors (Lipinski definition) is 5. The SMILES string of the molecule is Nc1c(C(=O)CSc2ccc(Cl)c(C(F)(F)F)c2)c(=O)[nH]c(=O)n1C1CC1. The molecule has 1 saturated carbocycles. The second-order valence-electron chi connectivity index (χ2n) is 5.97. The summed E-state index contributed by atoms with van der Waals surface area (Å²) < 4.78 is 39.9. The first-order valence-corrected chi connectivity index (χ1v) is 9.13. The number of nitrogens with zero attached hydrogens (tertiary/aromatic N) is 1. The maximum atomic E-state index is 12.9. The monoisotopic (exact) mass is 419 g/mol. The van der Waals surface area contributed by atoms with Crippen LogP contribution in [0.15, 0.2) is 32.7 Å². The van der Waals surface area contributed by atoms with Crippen LogP contribution in [0.3, 0.4) is 0 Å². The van der Waals surface area contributed by atoms with Crippen LogP contribution in [0.25, 0.3) is 0 Å². The Balaban J connectivity index is 1.84.